The van der Waals surface area contributed by atoms with Crippen molar-refractivity contribution < 1.29 is 19.1 Å². The van der Waals surface area contributed by atoms with Crippen molar-refractivity contribution in [1.82, 2.24) is 4.90 Å². The van der Waals surface area contributed by atoms with E-state index in [1.165, 1.54) is 4.90 Å². The summed E-state index contributed by atoms with van der Waals surface area (Å²) in [6.07, 6.45) is 0. The predicted molar refractivity (Wildman–Crippen MR) is 125 cm³/mol. The van der Waals surface area contributed by atoms with Crippen LogP contribution in [0.15, 0.2) is 53.4 Å². The van der Waals surface area contributed by atoms with Gasteiger partial charge in [0, 0.05) is 10.6 Å². The van der Waals surface area contributed by atoms with Gasteiger partial charge in [0.1, 0.15) is 10.9 Å². The van der Waals surface area contributed by atoms with Crippen LogP contribution in [0.5, 0.6) is 0 Å². The average molecular weight is 473 g/mol. The van der Waals surface area contributed by atoms with Gasteiger partial charge < -0.3 is 9.64 Å². The Kier molecular flexibility index (Phi) is 6.13. The number of para-hydroxylation sites is 1. The highest BCUT2D eigenvalue weighted by atomic mass is 35.5. The van der Waals surface area contributed by atoms with E-state index in [1.54, 1.807) is 24.0 Å². The molecule has 31 heavy (non-hydrogen) atoms. The number of thioether (sulfide) groups is 1. The molecule has 2 amide bonds. The maximum Gasteiger partial charge on any atom is 0.326 e. The van der Waals surface area contributed by atoms with E-state index in [2.05, 4.69) is 0 Å². The number of rotatable bonds is 5. The topological polar surface area (TPSA) is 66.9 Å². The Labute approximate surface area is 193 Å². The quantitative estimate of drug-likeness (QED) is 0.372. The number of nitrogens with zero attached hydrogens (tertiary/aromatic N) is 2. The molecule has 2 aromatic carbocycles. The van der Waals surface area contributed by atoms with Crippen molar-refractivity contribution >= 4 is 68.9 Å². The third-order valence-corrected chi connectivity index (χ3v) is 6.70. The van der Waals surface area contributed by atoms with Crippen molar-refractivity contribution in [3.05, 3.63) is 69.6 Å². The predicted octanol–water partition coefficient (Wildman–Crippen LogP) is 4.02. The van der Waals surface area contributed by atoms with Gasteiger partial charge in [-0.2, -0.15) is 0 Å². The van der Waals surface area contributed by atoms with Gasteiger partial charge in [-0.25, -0.2) is 0 Å². The van der Waals surface area contributed by atoms with Crippen LogP contribution in [0, 0.1) is 0 Å². The standard InChI is InChI=1S/C22H17ClN2O4S2/c1-2-29-17(26)12-25-21(28)19(31-22(25)30)18-14-8-4-6-10-16(14)24(20(18)27)11-13-7-3-5-9-15(13)23/h3-10H,2,11-12H2,1H3. The molecule has 9 heteroatoms. The summed E-state index contributed by atoms with van der Waals surface area (Å²) in [5.74, 6) is -1.33. The summed E-state index contributed by atoms with van der Waals surface area (Å²) in [6.45, 7) is 1.88. The molecule has 0 unspecified atom stereocenters. The molecule has 6 nitrogen and oxygen atoms in total. The molecule has 0 saturated carbocycles. The first kappa shape index (κ1) is 21.5. The van der Waals surface area contributed by atoms with E-state index < -0.39 is 11.9 Å². The average Bonchev–Trinajstić information content (AvgIpc) is 3.17. The van der Waals surface area contributed by atoms with Crippen molar-refractivity contribution in [3.8, 4) is 0 Å². The molecule has 0 radical (unpaired) electrons. The Morgan fingerprint density at radius 1 is 1.06 bits per heavy atom. The first-order chi connectivity index (χ1) is 14.9. The first-order valence-corrected chi connectivity index (χ1v) is 11.1. The number of ether oxygens (including phenoxy) is 1. The number of thiocarbonyl (C=S) groups is 1. The Balaban J connectivity index is 1.72. The van der Waals surface area contributed by atoms with Gasteiger partial charge in [0.05, 0.1) is 29.3 Å². The van der Waals surface area contributed by atoms with Crippen LogP contribution >= 0.6 is 35.6 Å². The molecule has 0 bridgehead atoms. The Morgan fingerprint density at radius 3 is 2.52 bits per heavy atom. The molecule has 0 N–H and O–H groups in total. The zero-order valence-corrected chi connectivity index (χ0v) is 18.9. The largest absolute Gasteiger partial charge is 0.465 e. The summed E-state index contributed by atoms with van der Waals surface area (Å²) in [5.41, 5.74) is 2.42. The lowest BCUT2D eigenvalue weighted by Crippen LogP contribution is -2.34. The van der Waals surface area contributed by atoms with E-state index in [0.717, 1.165) is 17.3 Å². The van der Waals surface area contributed by atoms with Gasteiger partial charge in [0.15, 0.2) is 0 Å². The molecule has 1 fully saturated rings. The molecular formula is C22H17ClN2O4S2. The molecule has 2 aliphatic heterocycles. The van der Waals surface area contributed by atoms with Gasteiger partial charge >= 0.3 is 5.97 Å². The molecule has 4 rings (SSSR count). The van der Waals surface area contributed by atoms with Crippen molar-refractivity contribution in [2.75, 3.05) is 18.1 Å². The van der Waals surface area contributed by atoms with Crippen LogP contribution in [-0.4, -0.2) is 40.2 Å². The molecule has 2 aromatic rings. The van der Waals surface area contributed by atoms with E-state index in [1.807, 2.05) is 36.4 Å². The number of amides is 2. The number of benzene rings is 2. The number of hydrogen-bond acceptors (Lipinski definition) is 6. The number of hydrogen-bond donors (Lipinski definition) is 0. The number of esters is 1. The highest BCUT2D eigenvalue weighted by molar-refractivity contribution is 8.26. The fraction of sp³-hybridized carbons (Fsp3) is 0.182. The van der Waals surface area contributed by atoms with Gasteiger partial charge in [-0.1, -0.05) is 72.0 Å². The van der Waals surface area contributed by atoms with Crippen LogP contribution in [0.3, 0.4) is 0 Å². The molecular weight excluding hydrogens is 456 g/mol. The fourth-order valence-corrected chi connectivity index (χ4v) is 5.00. The minimum absolute atomic E-state index is 0.206. The molecule has 1 saturated heterocycles. The lowest BCUT2D eigenvalue weighted by Gasteiger charge is -2.18. The van der Waals surface area contributed by atoms with Crippen LogP contribution in [0.25, 0.3) is 5.57 Å². The van der Waals surface area contributed by atoms with E-state index in [4.69, 9.17) is 28.6 Å². The van der Waals surface area contributed by atoms with Crippen LogP contribution < -0.4 is 4.90 Å². The second-order valence-corrected chi connectivity index (χ2v) is 8.82. The van der Waals surface area contributed by atoms with Crippen molar-refractivity contribution in [2.45, 2.75) is 13.5 Å². The Bertz CT molecular complexity index is 1150. The van der Waals surface area contributed by atoms with Gasteiger partial charge in [-0.05, 0) is 24.6 Å². The van der Waals surface area contributed by atoms with Crippen molar-refractivity contribution in [1.29, 1.82) is 0 Å². The van der Waals surface area contributed by atoms with Gasteiger partial charge in [-0.3, -0.25) is 19.3 Å². The summed E-state index contributed by atoms with van der Waals surface area (Å²) in [7, 11) is 0. The normalized spacial score (nSPS) is 18.1. The fourth-order valence-electron chi connectivity index (χ4n) is 3.47. The zero-order chi connectivity index (χ0) is 22.1. The maximum absolute atomic E-state index is 13.5. The van der Waals surface area contributed by atoms with E-state index in [-0.39, 0.29) is 40.4 Å². The number of fused-ring (bicyclic) bond motifs is 1. The van der Waals surface area contributed by atoms with E-state index >= 15 is 0 Å². The number of carbonyl (C=O) groups excluding carboxylic acids is 3. The summed E-state index contributed by atoms with van der Waals surface area (Å²) in [5, 5.41) is 0.557. The summed E-state index contributed by atoms with van der Waals surface area (Å²) in [4.78, 5) is 41.4. The maximum atomic E-state index is 13.5. The summed E-state index contributed by atoms with van der Waals surface area (Å²) in [6, 6.07) is 14.6. The lowest BCUT2D eigenvalue weighted by atomic mass is 10.1. The lowest BCUT2D eigenvalue weighted by molar-refractivity contribution is -0.145. The second kappa shape index (κ2) is 8.82. The van der Waals surface area contributed by atoms with Crippen LogP contribution in [0.1, 0.15) is 18.1 Å². The van der Waals surface area contributed by atoms with E-state index in [9.17, 15) is 14.4 Å². The van der Waals surface area contributed by atoms with Crippen LogP contribution in [0.2, 0.25) is 5.02 Å². The minimum atomic E-state index is -0.552. The molecule has 0 atom stereocenters. The number of halogens is 1. The third-order valence-electron chi connectivity index (χ3n) is 4.88. The summed E-state index contributed by atoms with van der Waals surface area (Å²) >= 11 is 12.6. The third kappa shape index (κ3) is 3.98. The molecule has 0 aliphatic carbocycles. The number of carbonyl (C=O) groups is 3. The highest BCUT2D eigenvalue weighted by Crippen LogP contribution is 2.45. The van der Waals surface area contributed by atoms with E-state index in [0.29, 0.717) is 16.3 Å². The number of anilines is 1. The summed E-state index contributed by atoms with van der Waals surface area (Å²) < 4.78 is 5.15. The second-order valence-electron chi connectivity index (χ2n) is 6.77. The molecule has 2 aliphatic rings. The Hall–Kier alpha value is -2.68. The molecule has 2 heterocycles. The van der Waals surface area contributed by atoms with Gasteiger partial charge in [0.2, 0.25) is 0 Å². The van der Waals surface area contributed by atoms with Crippen LogP contribution in [0.4, 0.5) is 5.69 Å². The van der Waals surface area contributed by atoms with Gasteiger partial charge in [-0.15, -0.1) is 0 Å². The SMILES string of the molecule is CCOC(=O)CN1C(=O)C(=C2C(=O)N(Cc3ccccc3Cl)c3ccccc32)SC1=S. The monoisotopic (exact) mass is 472 g/mol. The minimum Gasteiger partial charge on any atom is -0.465 e. The van der Waals surface area contributed by atoms with Gasteiger partial charge in [0.25, 0.3) is 11.8 Å². The van der Waals surface area contributed by atoms with Crippen LogP contribution in [-0.2, 0) is 25.7 Å². The van der Waals surface area contributed by atoms with Crippen molar-refractivity contribution in [3.63, 3.8) is 0 Å². The first-order valence-electron chi connectivity index (χ1n) is 9.50. The molecule has 0 aromatic heterocycles. The Morgan fingerprint density at radius 2 is 1.77 bits per heavy atom. The zero-order valence-electron chi connectivity index (χ0n) is 16.5. The molecule has 158 valence electrons. The highest BCUT2D eigenvalue weighted by Gasteiger charge is 2.42. The van der Waals surface area contributed by atoms with Crippen molar-refractivity contribution in [2.24, 2.45) is 0 Å². The smallest absolute Gasteiger partial charge is 0.326 e. The molecule has 0 spiro atoms.